The third kappa shape index (κ3) is 4.56. The van der Waals surface area contributed by atoms with Gasteiger partial charge in [-0.15, -0.1) is 0 Å². The van der Waals surface area contributed by atoms with E-state index in [1.807, 2.05) is 45.2 Å². The quantitative estimate of drug-likeness (QED) is 0.645. The number of hydrogen-bond acceptors (Lipinski definition) is 8. The predicted molar refractivity (Wildman–Crippen MR) is 124 cm³/mol. The molecule has 2 saturated heterocycles. The summed E-state index contributed by atoms with van der Waals surface area (Å²) in [4.78, 5) is 25.5. The van der Waals surface area contributed by atoms with Gasteiger partial charge < -0.3 is 24.6 Å². The number of rotatable bonds is 4. The molecule has 0 aromatic carbocycles. The SMILES string of the molecule is CC(C)(C)OC(=O)N1CC(Oc2ncccc2-c2cnn3ccc(N4CCNCC4)nc23)C1. The van der Waals surface area contributed by atoms with Crippen LogP contribution < -0.4 is 15.0 Å². The van der Waals surface area contributed by atoms with Gasteiger partial charge in [-0.25, -0.2) is 19.3 Å². The van der Waals surface area contributed by atoms with E-state index in [0.29, 0.717) is 19.0 Å². The summed E-state index contributed by atoms with van der Waals surface area (Å²) in [6, 6.07) is 5.83. The van der Waals surface area contributed by atoms with Gasteiger partial charge in [-0.3, -0.25) is 0 Å². The summed E-state index contributed by atoms with van der Waals surface area (Å²) in [5.74, 6) is 1.44. The number of hydrogen-bond donors (Lipinski definition) is 1. The smallest absolute Gasteiger partial charge is 0.410 e. The number of anilines is 1. The number of fused-ring (bicyclic) bond motifs is 1. The van der Waals surface area contributed by atoms with Crippen molar-refractivity contribution in [3.8, 4) is 17.0 Å². The Kier molecular flexibility index (Phi) is 5.53. The molecular formula is C23H29N7O3. The number of likely N-dealkylation sites (tertiary alicyclic amines) is 1. The van der Waals surface area contributed by atoms with Crippen LogP contribution in [0.15, 0.2) is 36.8 Å². The van der Waals surface area contributed by atoms with Gasteiger partial charge in [0.1, 0.15) is 17.5 Å². The van der Waals surface area contributed by atoms with E-state index in [4.69, 9.17) is 14.5 Å². The van der Waals surface area contributed by atoms with Gasteiger partial charge >= 0.3 is 6.09 Å². The van der Waals surface area contributed by atoms with Gasteiger partial charge in [0, 0.05) is 44.1 Å². The summed E-state index contributed by atoms with van der Waals surface area (Å²) in [6.45, 7) is 10.2. The summed E-state index contributed by atoms with van der Waals surface area (Å²) >= 11 is 0. The highest BCUT2D eigenvalue weighted by molar-refractivity contribution is 5.80. The molecule has 2 aliphatic rings. The molecule has 3 aromatic heterocycles. The molecule has 1 N–H and O–H groups in total. The number of carbonyl (C=O) groups excluding carboxylic acids is 1. The fraction of sp³-hybridized carbons (Fsp3) is 0.478. The van der Waals surface area contributed by atoms with Crippen LogP contribution in [0.4, 0.5) is 10.6 Å². The molecule has 10 nitrogen and oxygen atoms in total. The lowest BCUT2D eigenvalue weighted by Gasteiger charge is -2.39. The number of pyridine rings is 1. The molecule has 174 valence electrons. The highest BCUT2D eigenvalue weighted by Gasteiger charge is 2.36. The van der Waals surface area contributed by atoms with Crippen molar-refractivity contribution in [2.45, 2.75) is 32.5 Å². The van der Waals surface area contributed by atoms with Crippen LogP contribution in [0.2, 0.25) is 0 Å². The molecule has 3 aromatic rings. The lowest BCUT2D eigenvalue weighted by molar-refractivity contribution is -0.0230. The lowest BCUT2D eigenvalue weighted by Crippen LogP contribution is -2.57. The van der Waals surface area contributed by atoms with Crippen LogP contribution >= 0.6 is 0 Å². The zero-order chi connectivity index (χ0) is 23.0. The largest absolute Gasteiger partial charge is 0.470 e. The summed E-state index contributed by atoms with van der Waals surface area (Å²) in [5, 5.41) is 7.84. The lowest BCUT2D eigenvalue weighted by atomic mass is 10.1. The Morgan fingerprint density at radius 2 is 1.94 bits per heavy atom. The first-order chi connectivity index (χ1) is 15.9. The van der Waals surface area contributed by atoms with Crippen LogP contribution in [0, 0.1) is 0 Å². The van der Waals surface area contributed by atoms with Crippen LogP contribution in [0.3, 0.4) is 0 Å². The normalized spacial score (nSPS) is 17.2. The van der Waals surface area contributed by atoms with E-state index in [1.165, 1.54) is 0 Å². The molecule has 10 heteroatoms. The van der Waals surface area contributed by atoms with Crippen molar-refractivity contribution in [2.24, 2.45) is 0 Å². The van der Waals surface area contributed by atoms with Crippen LogP contribution in [0.1, 0.15) is 20.8 Å². The zero-order valence-corrected chi connectivity index (χ0v) is 19.2. The second-order valence-corrected chi connectivity index (χ2v) is 9.33. The zero-order valence-electron chi connectivity index (χ0n) is 19.2. The molecule has 0 atom stereocenters. The van der Waals surface area contributed by atoms with Crippen LogP contribution in [-0.4, -0.2) is 81.5 Å². The fourth-order valence-corrected chi connectivity index (χ4v) is 3.96. The Morgan fingerprint density at radius 1 is 1.15 bits per heavy atom. The van der Waals surface area contributed by atoms with Gasteiger partial charge in [0.15, 0.2) is 5.65 Å². The van der Waals surface area contributed by atoms with Gasteiger partial charge in [0.25, 0.3) is 0 Å². The molecule has 2 aliphatic heterocycles. The van der Waals surface area contributed by atoms with E-state index in [1.54, 1.807) is 21.8 Å². The number of nitrogens with one attached hydrogen (secondary N) is 1. The van der Waals surface area contributed by atoms with Crippen LogP contribution in [0.25, 0.3) is 16.8 Å². The molecule has 0 aliphatic carbocycles. The molecule has 0 saturated carbocycles. The van der Waals surface area contributed by atoms with Crippen molar-refractivity contribution in [1.29, 1.82) is 0 Å². The number of piperazine rings is 1. The minimum absolute atomic E-state index is 0.141. The van der Waals surface area contributed by atoms with Crippen LogP contribution in [-0.2, 0) is 4.74 Å². The van der Waals surface area contributed by atoms with Crippen molar-refractivity contribution in [2.75, 3.05) is 44.2 Å². The van der Waals surface area contributed by atoms with E-state index >= 15 is 0 Å². The molecule has 0 unspecified atom stereocenters. The van der Waals surface area contributed by atoms with Crippen molar-refractivity contribution in [3.63, 3.8) is 0 Å². The number of ether oxygens (including phenoxy) is 2. The summed E-state index contributed by atoms with van der Waals surface area (Å²) in [7, 11) is 0. The van der Waals surface area contributed by atoms with Crippen molar-refractivity contribution in [3.05, 3.63) is 36.8 Å². The van der Waals surface area contributed by atoms with Gasteiger partial charge in [-0.1, -0.05) is 0 Å². The molecule has 33 heavy (non-hydrogen) atoms. The number of carbonyl (C=O) groups is 1. The molecule has 5 heterocycles. The third-order valence-corrected chi connectivity index (χ3v) is 5.63. The molecule has 5 rings (SSSR count). The third-order valence-electron chi connectivity index (χ3n) is 5.63. The maximum absolute atomic E-state index is 12.2. The minimum atomic E-state index is -0.517. The number of amides is 1. The standard InChI is InChI=1S/C23H29N7O3/c1-23(2,3)33-22(31)29-14-16(15-29)32-21-17(5-4-7-25-21)18-13-26-30-10-6-19(27-20(18)30)28-11-8-24-9-12-28/h4-7,10,13,16,24H,8-9,11-12,14-15H2,1-3H3. The van der Waals surface area contributed by atoms with Crippen molar-refractivity contribution < 1.29 is 14.3 Å². The Morgan fingerprint density at radius 3 is 2.70 bits per heavy atom. The highest BCUT2D eigenvalue weighted by Crippen LogP contribution is 2.32. The first kappa shape index (κ1) is 21.4. The molecule has 2 fully saturated rings. The van der Waals surface area contributed by atoms with E-state index in [0.717, 1.165) is 48.8 Å². The number of nitrogens with zero attached hydrogens (tertiary/aromatic N) is 6. The first-order valence-corrected chi connectivity index (χ1v) is 11.3. The summed E-state index contributed by atoms with van der Waals surface area (Å²) in [6.07, 6.45) is 4.97. The van der Waals surface area contributed by atoms with Gasteiger partial charge in [0.05, 0.1) is 24.8 Å². The van der Waals surface area contributed by atoms with Crippen LogP contribution in [0.5, 0.6) is 5.88 Å². The van der Waals surface area contributed by atoms with E-state index in [2.05, 4.69) is 20.3 Å². The Hall–Kier alpha value is -3.40. The molecule has 1 amide bonds. The fourth-order valence-electron chi connectivity index (χ4n) is 3.96. The Labute approximate surface area is 192 Å². The molecule has 0 radical (unpaired) electrons. The maximum atomic E-state index is 12.2. The Bertz CT molecular complexity index is 1140. The summed E-state index contributed by atoms with van der Waals surface area (Å²) in [5.41, 5.74) is 1.93. The number of aromatic nitrogens is 4. The average Bonchev–Trinajstić information content (AvgIpc) is 3.18. The second kappa shape index (κ2) is 8.51. The van der Waals surface area contributed by atoms with Gasteiger partial charge in [0.2, 0.25) is 5.88 Å². The molecule has 0 bridgehead atoms. The highest BCUT2D eigenvalue weighted by atomic mass is 16.6. The van der Waals surface area contributed by atoms with E-state index in [9.17, 15) is 4.79 Å². The van der Waals surface area contributed by atoms with E-state index in [-0.39, 0.29) is 12.2 Å². The Balaban J connectivity index is 1.34. The predicted octanol–water partition coefficient (Wildman–Crippen LogP) is 2.20. The topological polar surface area (TPSA) is 97.1 Å². The maximum Gasteiger partial charge on any atom is 0.410 e. The average molecular weight is 452 g/mol. The molecular weight excluding hydrogens is 422 g/mol. The van der Waals surface area contributed by atoms with Crippen molar-refractivity contribution >= 4 is 17.6 Å². The van der Waals surface area contributed by atoms with Gasteiger partial charge in [-0.05, 0) is 39.0 Å². The monoisotopic (exact) mass is 451 g/mol. The van der Waals surface area contributed by atoms with Crippen molar-refractivity contribution in [1.82, 2.24) is 29.8 Å². The van der Waals surface area contributed by atoms with Gasteiger partial charge in [-0.2, -0.15) is 5.10 Å². The molecule has 0 spiro atoms. The summed E-state index contributed by atoms with van der Waals surface area (Å²) < 4.78 is 13.4. The first-order valence-electron chi connectivity index (χ1n) is 11.3. The minimum Gasteiger partial charge on any atom is -0.470 e. The second-order valence-electron chi connectivity index (χ2n) is 9.33. The van der Waals surface area contributed by atoms with E-state index < -0.39 is 5.60 Å².